The first-order valence-corrected chi connectivity index (χ1v) is 6.26. The highest BCUT2D eigenvalue weighted by Crippen LogP contribution is 2.17. The molecule has 2 aromatic carbocycles. The fraction of sp³-hybridized carbons (Fsp3) is 0.250. The molecule has 2 aromatic rings. The van der Waals surface area contributed by atoms with Gasteiger partial charge in [-0.05, 0) is 29.8 Å². The Bertz CT molecular complexity index is 642. The molecule has 96 valence electrons. The molecule has 3 nitrogen and oxygen atoms in total. The number of amides is 1. The van der Waals surface area contributed by atoms with Crippen molar-refractivity contribution in [2.45, 2.75) is 19.4 Å². The summed E-state index contributed by atoms with van der Waals surface area (Å²) in [6, 6.07) is 15.6. The zero-order chi connectivity index (χ0) is 13.8. The van der Waals surface area contributed by atoms with Crippen molar-refractivity contribution in [1.29, 1.82) is 5.26 Å². The van der Waals surface area contributed by atoms with Crippen LogP contribution in [0.2, 0.25) is 0 Å². The third-order valence-electron chi connectivity index (χ3n) is 3.36. The van der Waals surface area contributed by atoms with Crippen LogP contribution in [0.4, 0.5) is 0 Å². The van der Waals surface area contributed by atoms with Gasteiger partial charge in [-0.25, -0.2) is 0 Å². The minimum atomic E-state index is -0.0797. The fourth-order valence-electron chi connectivity index (χ4n) is 2.00. The van der Waals surface area contributed by atoms with E-state index in [1.165, 1.54) is 0 Å². The highest BCUT2D eigenvalue weighted by atomic mass is 16.2. The lowest BCUT2D eigenvalue weighted by Crippen LogP contribution is -2.34. The number of fused-ring (bicyclic) bond motifs is 1. The van der Waals surface area contributed by atoms with Crippen molar-refractivity contribution in [2.24, 2.45) is 0 Å². The summed E-state index contributed by atoms with van der Waals surface area (Å²) in [6.45, 7) is 1.88. The molecule has 19 heavy (non-hydrogen) atoms. The first-order chi connectivity index (χ1) is 9.13. The Hall–Kier alpha value is -2.34. The molecule has 0 aromatic heterocycles. The number of carbonyl (C=O) groups excluding carboxylic acids is 1. The lowest BCUT2D eigenvalue weighted by molar-refractivity contribution is 0.0746. The zero-order valence-corrected chi connectivity index (χ0v) is 11.1. The number of rotatable bonds is 3. The van der Waals surface area contributed by atoms with Crippen molar-refractivity contribution < 1.29 is 4.79 Å². The average Bonchev–Trinajstić information content (AvgIpc) is 2.45. The standard InChI is InChI=1S/C16H16N2O/c1-12(9-10-17)18(2)16(19)15-8-7-13-5-3-4-6-14(13)11-15/h3-8,11-12H,9H2,1-2H3. The van der Waals surface area contributed by atoms with Crippen LogP contribution in [0.15, 0.2) is 42.5 Å². The van der Waals surface area contributed by atoms with Crippen molar-refractivity contribution in [3.05, 3.63) is 48.0 Å². The maximum absolute atomic E-state index is 12.3. The van der Waals surface area contributed by atoms with Gasteiger partial charge in [-0.15, -0.1) is 0 Å². The predicted octanol–water partition coefficient (Wildman–Crippen LogP) is 3.21. The van der Waals surface area contributed by atoms with E-state index < -0.39 is 0 Å². The van der Waals surface area contributed by atoms with E-state index in [1.807, 2.05) is 49.4 Å². The van der Waals surface area contributed by atoms with Crippen LogP contribution >= 0.6 is 0 Å². The summed E-state index contributed by atoms with van der Waals surface area (Å²) in [5.74, 6) is -0.0477. The highest BCUT2D eigenvalue weighted by Gasteiger charge is 2.17. The molecule has 0 heterocycles. The fourth-order valence-corrected chi connectivity index (χ4v) is 2.00. The molecule has 0 fully saturated rings. The van der Waals surface area contributed by atoms with Crippen LogP contribution in [0.5, 0.6) is 0 Å². The third kappa shape index (κ3) is 2.74. The van der Waals surface area contributed by atoms with E-state index in [1.54, 1.807) is 11.9 Å². The minimum Gasteiger partial charge on any atom is -0.338 e. The molecule has 0 aliphatic heterocycles. The van der Waals surface area contributed by atoms with Gasteiger partial charge in [-0.1, -0.05) is 30.3 Å². The second-order valence-electron chi connectivity index (χ2n) is 4.69. The maximum Gasteiger partial charge on any atom is 0.253 e. The van der Waals surface area contributed by atoms with E-state index in [0.717, 1.165) is 10.8 Å². The Labute approximate surface area is 113 Å². The van der Waals surface area contributed by atoms with Crippen molar-refractivity contribution in [2.75, 3.05) is 7.05 Å². The Morgan fingerprint density at radius 3 is 2.63 bits per heavy atom. The molecule has 3 heteroatoms. The van der Waals surface area contributed by atoms with Gasteiger partial charge in [0.05, 0.1) is 12.5 Å². The van der Waals surface area contributed by atoms with Crippen molar-refractivity contribution in [3.63, 3.8) is 0 Å². The molecule has 0 aliphatic carbocycles. The summed E-state index contributed by atoms with van der Waals surface area (Å²) < 4.78 is 0. The van der Waals surface area contributed by atoms with E-state index in [0.29, 0.717) is 12.0 Å². The van der Waals surface area contributed by atoms with Crippen molar-refractivity contribution in [1.82, 2.24) is 4.90 Å². The Morgan fingerprint density at radius 1 is 1.26 bits per heavy atom. The maximum atomic E-state index is 12.3. The molecule has 1 atom stereocenters. The summed E-state index contributed by atoms with van der Waals surface area (Å²) in [6.07, 6.45) is 0.343. The number of nitriles is 1. The summed E-state index contributed by atoms with van der Waals surface area (Å²) in [5, 5.41) is 10.9. The molecular weight excluding hydrogens is 236 g/mol. The number of benzene rings is 2. The van der Waals surface area contributed by atoms with Gasteiger partial charge in [-0.2, -0.15) is 5.26 Å². The quantitative estimate of drug-likeness (QED) is 0.841. The molecule has 0 N–H and O–H groups in total. The zero-order valence-electron chi connectivity index (χ0n) is 11.1. The molecule has 0 radical (unpaired) electrons. The van der Waals surface area contributed by atoms with Crippen LogP contribution in [0.1, 0.15) is 23.7 Å². The van der Waals surface area contributed by atoms with Gasteiger partial charge in [0.2, 0.25) is 0 Å². The molecule has 1 unspecified atom stereocenters. The molecule has 0 spiro atoms. The minimum absolute atomic E-state index is 0.0477. The van der Waals surface area contributed by atoms with Crippen LogP contribution in [0.3, 0.4) is 0 Å². The molecule has 0 bridgehead atoms. The molecule has 1 amide bonds. The van der Waals surface area contributed by atoms with Gasteiger partial charge in [-0.3, -0.25) is 4.79 Å². The Kier molecular flexibility index (Phi) is 3.82. The summed E-state index contributed by atoms with van der Waals surface area (Å²) in [5.41, 5.74) is 0.658. The van der Waals surface area contributed by atoms with E-state index >= 15 is 0 Å². The molecule has 0 aliphatic rings. The number of hydrogen-bond acceptors (Lipinski definition) is 2. The van der Waals surface area contributed by atoms with E-state index in [4.69, 9.17) is 5.26 Å². The monoisotopic (exact) mass is 252 g/mol. The van der Waals surface area contributed by atoms with Crippen LogP contribution in [-0.2, 0) is 0 Å². The van der Waals surface area contributed by atoms with E-state index in [2.05, 4.69) is 6.07 Å². The second-order valence-corrected chi connectivity index (χ2v) is 4.69. The Balaban J connectivity index is 2.29. The summed E-state index contributed by atoms with van der Waals surface area (Å²) in [7, 11) is 1.74. The van der Waals surface area contributed by atoms with Gasteiger partial charge in [0.25, 0.3) is 5.91 Å². The topological polar surface area (TPSA) is 44.1 Å². The number of nitrogens with zero attached hydrogens (tertiary/aromatic N) is 2. The van der Waals surface area contributed by atoms with Crippen LogP contribution in [0.25, 0.3) is 10.8 Å². The highest BCUT2D eigenvalue weighted by molar-refractivity contribution is 5.98. The lowest BCUT2D eigenvalue weighted by atomic mass is 10.1. The van der Waals surface area contributed by atoms with E-state index in [-0.39, 0.29) is 11.9 Å². The summed E-state index contributed by atoms with van der Waals surface area (Å²) in [4.78, 5) is 13.9. The summed E-state index contributed by atoms with van der Waals surface area (Å²) >= 11 is 0. The Morgan fingerprint density at radius 2 is 1.95 bits per heavy atom. The van der Waals surface area contributed by atoms with Crippen molar-refractivity contribution in [3.8, 4) is 6.07 Å². The first-order valence-electron chi connectivity index (χ1n) is 6.26. The first kappa shape index (κ1) is 13.1. The van der Waals surface area contributed by atoms with Crippen molar-refractivity contribution >= 4 is 16.7 Å². The van der Waals surface area contributed by atoms with Crippen LogP contribution in [-0.4, -0.2) is 23.9 Å². The number of hydrogen-bond donors (Lipinski definition) is 0. The van der Waals surface area contributed by atoms with Crippen LogP contribution in [0, 0.1) is 11.3 Å². The molecule has 0 saturated carbocycles. The van der Waals surface area contributed by atoms with Crippen LogP contribution < -0.4 is 0 Å². The third-order valence-corrected chi connectivity index (χ3v) is 3.36. The van der Waals surface area contributed by atoms with Gasteiger partial charge >= 0.3 is 0 Å². The average molecular weight is 252 g/mol. The lowest BCUT2D eigenvalue weighted by Gasteiger charge is -2.23. The smallest absolute Gasteiger partial charge is 0.253 e. The normalized spacial score (nSPS) is 11.8. The molecule has 2 rings (SSSR count). The molecule has 0 saturated heterocycles. The van der Waals surface area contributed by atoms with Gasteiger partial charge in [0.1, 0.15) is 0 Å². The van der Waals surface area contributed by atoms with E-state index in [9.17, 15) is 4.79 Å². The molecular formula is C16H16N2O. The largest absolute Gasteiger partial charge is 0.338 e. The van der Waals surface area contributed by atoms with Gasteiger partial charge in [0, 0.05) is 18.7 Å². The van der Waals surface area contributed by atoms with Gasteiger partial charge < -0.3 is 4.90 Å². The van der Waals surface area contributed by atoms with Gasteiger partial charge in [0.15, 0.2) is 0 Å². The SMILES string of the molecule is CC(CC#N)N(C)C(=O)c1ccc2ccccc2c1. The number of carbonyl (C=O) groups is 1. The second kappa shape index (κ2) is 5.53. The predicted molar refractivity (Wildman–Crippen MR) is 75.7 cm³/mol.